The summed E-state index contributed by atoms with van der Waals surface area (Å²) >= 11 is 1.55. The van der Waals surface area contributed by atoms with Crippen LogP contribution in [0.25, 0.3) is 0 Å². The number of rotatable bonds is 5. The van der Waals surface area contributed by atoms with E-state index in [2.05, 4.69) is 6.07 Å². The third-order valence-electron chi connectivity index (χ3n) is 1.97. The lowest BCUT2D eigenvalue weighted by Crippen LogP contribution is -2.32. The minimum absolute atomic E-state index is 0.448. The van der Waals surface area contributed by atoms with E-state index < -0.39 is 12.0 Å². The average molecular weight is 225 g/mol. The van der Waals surface area contributed by atoms with Crippen molar-refractivity contribution in [2.45, 2.75) is 18.7 Å². The zero-order valence-corrected chi connectivity index (χ0v) is 9.46. The molecule has 4 heteroatoms. The van der Waals surface area contributed by atoms with Gasteiger partial charge < -0.3 is 10.8 Å². The molecule has 0 aliphatic heterocycles. The number of carboxylic acids is 1. The van der Waals surface area contributed by atoms with Crippen molar-refractivity contribution < 1.29 is 9.90 Å². The minimum Gasteiger partial charge on any atom is -0.480 e. The average Bonchev–Trinajstić information content (AvgIpc) is 2.17. The maximum absolute atomic E-state index is 10.5. The van der Waals surface area contributed by atoms with E-state index in [-0.39, 0.29) is 0 Å². The Labute approximate surface area is 93.7 Å². The number of thioether (sulfide) groups is 1. The molecule has 0 saturated heterocycles. The summed E-state index contributed by atoms with van der Waals surface area (Å²) in [5.74, 6) is 0.318. The molecule has 0 aromatic heterocycles. The lowest BCUT2D eigenvalue weighted by Gasteiger charge is -2.06. The summed E-state index contributed by atoms with van der Waals surface area (Å²) in [5, 5.41) is 8.58. The molecular formula is C11H15NO2S. The van der Waals surface area contributed by atoms with E-state index in [4.69, 9.17) is 10.8 Å². The first-order valence-corrected chi connectivity index (χ1v) is 5.86. The van der Waals surface area contributed by atoms with Gasteiger partial charge in [0, 0.05) is 11.5 Å². The predicted molar refractivity (Wildman–Crippen MR) is 63.0 cm³/mol. The van der Waals surface area contributed by atoms with Gasteiger partial charge >= 0.3 is 5.97 Å². The molecule has 0 aliphatic rings. The van der Waals surface area contributed by atoms with Crippen molar-refractivity contribution in [1.29, 1.82) is 0 Å². The smallest absolute Gasteiger partial charge is 0.321 e. The van der Waals surface area contributed by atoms with Crippen molar-refractivity contribution in [2.24, 2.45) is 5.73 Å². The van der Waals surface area contributed by atoms with E-state index in [1.165, 1.54) is 11.1 Å². The molecule has 0 bridgehead atoms. The van der Waals surface area contributed by atoms with Gasteiger partial charge in [0.2, 0.25) is 0 Å². The highest BCUT2D eigenvalue weighted by Crippen LogP contribution is 2.13. The van der Waals surface area contributed by atoms with E-state index in [1.54, 1.807) is 11.8 Å². The number of aryl methyl sites for hydroxylation is 1. The zero-order chi connectivity index (χ0) is 11.3. The van der Waals surface area contributed by atoms with Crippen LogP contribution in [0.4, 0.5) is 0 Å². The highest BCUT2D eigenvalue weighted by Gasteiger charge is 2.10. The molecule has 1 atom stereocenters. The van der Waals surface area contributed by atoms with Gasteiger partial charge in [-0.3, -0.25) is 4.79 Å². The summed E-state index contributed by atoms with van der Waals surface area (Å²) < 4.78 is 0. The van der Waals surface area contributed by atoms with E-state index in [1.807, 2.05) is 25.1 Å². The van der Waals surface area contributed by atoms with E-state index >= 15 is 0 Å². The van der Waals surface area contributed by atoms with Crippen LogP contribution < -0.4 is 5.73 Å². The number of nitrogens with two attached hydrogens (primary N) is 1. The van der Waals surface area contributed by atoms with Crippen LogP contribution in [-0.2, 0) is 10.5 Å². The highest BCUT2D eigenvalue weighted by atomic mass is 32.2. The van der Waals surface area contributed by atoms with E-state index in [9.17, 15) is 4.79 Å². The summed E-state index contributed by atoms with van der Waals surface area (Å²) in [6.45, 7) is 2.04. The number of hydrogen-bond donors (Lipinski definition) is 2. The molecule has 0 heterocycles. The van der Waals surface area contributed by atoms with Gasteiger partial charge in [-0.2, -0.15) is 11.8 Å². The van der Waals surface area contributed by atoms with Gasteiger partial charge in [0.15, 0.2) is 0 Å². The van der Waals surface area contributed by atoms with Crippen LogP contribution in [0.2, 0.25) is 0 Å². The minimum atomic E-state index is -0.938. The number of carbonyl (C=O) groups is 1. The van der Waals surface area contributed by atoms with Gasteiger partial charge in [-0.25, -0.2) is 0 Å². The standard InChI is InChI=1S/C11H15NO2S/c1-8-3-2-4-9(5-8)6-15-7-10(12)11(13)14/h2-5,10H,6-7,12H2,1H3,(H,13,14). The van der Waals surface area contributed by atoms with Crippen molar-refractivity contribution in [3.05, 3.63) is 35.4 Å². The largest absolute Gasteiger partial charge is 0.480 e. The fourth-order valence-electron chi connectivity index (χ4n) is 1.18. The summed E-state index contributed by atoms with van der Waals surface area (Å²) in [7, 11) is 0. The first-order valence-electron chi connectivity index (χ1n) is 4.71. The van der Waals surface area contributed by atoms with Crippen molar-refractivity contribution in [2.75, 3.05) is 5.75 Å². The number of aliphatic carboxylic acids is 1. The molecule has 0 radical (unpaired) electrons. The molecule has 82 valence electrons. The quantitative estimate of drug-likeness (QED) is 0.799. The number of hydrogen-bond acceptors (Lipinski definition) is 3. The molecule has 0 aliphatic carbocycles. The third-order valence-corrected chi connectivity index (χ3v) is 3.10. The lowest BCUT2D eigenvalue weighted by molar-refractivity contribution is -0.137. The van der Waals surface area contributed by atoms with Gasteiger partial charge in [0.05, 0.1) is 0 Å². The van der Waals surface area contributed by atoms with Gasteiger partial charge in [-0.15, -0.1) is 0 Å². The Bertz CT molecular complexity index is 341. The predicted octanol–water partition coefficient (Wildman–Crippen LogP) is 1.64. The Balaban J connectivity index is 2.35. The topological polar surface area (TPSA) is 63.3 Å². The normalized spacial score (nSPS) is 12.4. The highest BCUT2D eigenvalue weighted by molar-refractivity contribution is 7.98. The Hall–Kier alpha value is -1.00. The zero-order valence-electron chi connectivity index (χ0n) is 8.64. The third kappa shape index (κ3) is 4.36. The summed E-state index contributed by atoms with van der Waals surface area (Å²) in [4.78, 5) is 10.5. The van der Waals surface area contributed by atoms with Crippen molar-refractivity contribution in [1.82, 2.24) is 0 Å². The summed E-state index contributed by atoms with van der Waals surface area (Å²) in [6, 6.07) is 7.41. The SMILES string of the molecule is Cc1cccc(CSCC(N)C(=O)O)c1. The van der Waals surface area contributed by atoms with Crippen molar-refractivity contribution >= 4 is 17.7 Å². The number of benzene rings is 1. The second kappa shape index (κ2) is 5.78. The Morgan fingerprint density at radius 3 is 2.93 bits per heavy atom. The van der Waals surface area contributed by atoms with Crippen LogP contribution in [0.3, 0.4) is 0 Å². The van der Waals surface area contributed by atoms with Gasteiger partial charge in [0.1, 0.15) is 6.04 Å². The molecule has 0 saturated carbocycles. The maximum Gasteiger partial charge on any atom is 0.321 e. The van der Waals surface area contributed by atoms with Crippen LogP contribution in [0.5, 0.6) is 0 Å². The van der Waals surface area contributed by atoms with E-state index in [0.29, 0.717) is 5.75 Å². The molecule has 1 aromatic carbocycles. The second-order valence-electron chi connectivity index (χ2n) is 3.45. The van der Waals surface area contributed by atoms with Crippen molar-refractivity contribution in [3.8, 4) is 0 Å². The van der Waals surface area contributed by atoms with E-state index in [0.717, 1.165) is 5.75 Å². The molecule has 0 amide bonds. The molecule has 3 N–H and O–H groups in total. The molecule has 15 heavy (non-hydrogen) atoms. The van der Waals surface area contributed by atoms with Gasteiger partial charge in [-0.1, -0.05) is 29.8 Å². The molecule has 1 aromatic rings. The van der Waals surface area contributed by atoms with Crippen LogP contribution in [0.15, 0.2) is 24.3 Å². The summed E-state index contributed by atoms with van der Waals surface area (Å²) in [5.41, 5.74) is 7.81. The van der Waals surface area contributed by atoms with Crippen LogP contribution in [0, 0.1) is 6.92 Å². The van der Waals surface area contributed by atoms with Crippen LogP contribution >= 0.6 is 11.8 Å². The molecule has 0 spiro atoms. The molecule has 3 nitrogen and oxygen atoms in total. The van der Waals surface area contributed by atoms with Crippen molar-refractivity contribution in [3.63, 3.8) is 0 Å². The molecule has 0 fully saturated rings. The fraction of sp³-hybridized carbons (Fsp3) is 0.364. The van der Waals surface area contributed by atoms with Gasteiger partial charge in [-0.05, 0) is 12.5 Å². The first kappa shape index (κ1) is 12.1. The Morgan fingerprint density at radius 2 is 2.33 bits per heavy atom. The maximum atomic E-state index is 10.5. The second-order valence-corrected chi connectivity index (χ2v) is 4.48. The number of carboxylic acid groups (broad SMARTS) is 1. The summed E-state index contributed by atoms with van der Waals surface area (Å²) in [6.07, 6.45) is 0. The lowest BCUT2D eigenvalue weighted by atomic mass is 10.2. The molecule has 1 rings (SSSR count). The Morgan fingerprint density at radius 1 is 1.60 bits per heavy atom. The monoisotopic (exact) mass is 225 g/mol. The van der Waals surface area contributed by atoms with Crippen LogP contribution in [0.1, 0.15) is 11.1 Å². The van der Waals surface area contributed by atoms with Gasteiger partial charge in [0.25, 0.3) is 0 Å². The first-order chi connectivity index (χ1) is 7.09. The molecular weight excluding hydrogens is 210 g/mol. The Kier molecular flexibility index (Phi) is 4.65. The van der Waals surface area contributed by atoms with Crippen LogP contribution in [-0.4, -0.2) is 22.9 Å². The molecule has 1 unspecified atom stereocenters. The fourth-order valence-corrected chi connectivity index (χ4v) is 2.11.